The van der Waals surface area contributed by atoms with Crippen molar-refractivity contribution in [3.05, 3.63) is 11.3 Å². The van der Waals surface area contributed by atoms with Crippen molar-refractivity contribution in [2.75, 3.05) is 12.4 Å². The van der Waals surface area contributed by atoms with E-state index >= 15 is 0 Å². The zero-order valence-electron chi connectivity index (χ0n) is 15.8. The molecule has 1 unspecified atom stereocenters. The van der Waals surface area contributed by atoms with E-state index in [0.29, 0.717) is 5.57 Å². The van der Waals surface area contributed by atoms with Crippen LogP contribution < -0.4 is 11.1 Å². The van der Waals surface area contributed by atoms with Crippen LogP contribution >= 0.6 is 11.8 Å². The maximum atomic E-state index is 12.4. The minimum atomic E-state index is -1.31. The van der Waals surface area contributed by atoms with Gasteiger partial charge in [-0.2, -0.15) is 0 Å². The molecule has 0 aromatic heterocycles. The minimum absolute atomic E-state index is 0. The van der Waals surface area contributed by atoms with E-state index in [4.69, 9.17) is 15.6 Å². The first-order valence-corrected chi connectivity index (χ1v) is 9.49. The number of amides is 2. The molecule has 0 bridgehead atoms. The quantitative estimate of drug-likeness (QED) is 0.179. The molecule has 3 atom stereocenters. The van der Waals surface area contributed by atoms with Crippen molar-refractivity contribution in [1.82, 2.24) is 10.2 Å². The van der Waals surface area contributed by atoms with Crippen molar-refractivity contribution in [3.63, 3.8) is 0 Å². The molecule has 13 heteroatoms. The summed E-state index contributed by atoms with van der Waals surface area (Å²) in [6.45, 7) is 0.977. The second-order valence-corrected chi connectivity index (χ2v) is 7.43. The molecule has 0 aromatic rings. The van der Waals surface area contributed by atoms with Crippen molar-refractivity contribution >= 4 is 41.5 Å². The van der Waals surface area contributed by atoms with Gasteiger partial charge in [0.25, 0.3) is 5.91 Å². The number of fused-ring (bicyclic) bond motifs is 1. The van der Waals surface area contributed by atoms with E-state index < -0.39 is 47.2 Å². The Kier molecular flexibility index (Phi) is 9.25. The first kappa shape index (κ1) is 25.1. The molecule has 2 aliphatic rings. The van der Waals surface area contributed by atoms with Gasteiger partial charge >= 0.3 is 17.9 Å². The van der Waals surface area contributed by atoms with Gasteiger partial charge in [-0.25, -0.2) is 4.79 Å². The molecule has 0 radical (unpaired) electrons. The average Bonchev–Trinajstić information content (AvgIpc) is 2.62. The molecule has 0 aliphatic carbocycles. The largest absolute Gasteiger partial charge is 0.480 e. The summed E-state index contributed by atoms with van der Waals surface area (Å²) in [4.78, 5) is 58.7. The fraction of sp³-hybridized carbons (Fsp3) is 0.562. The van der Waals surface area contributed by atoms with Crippen LogP contribution in [0, 0.1) is 0 Å². The predicted molar refractivity (Wildman–Crippen MR) is 95.8 cm³/mol. The summed E-state index contributed by atoms with van der Waals surface area (Å²) in [5.74, 6) is -3.79. The van der Waals surface area contributed by atoms with Gasteiger partial charge < -0.3 is 26.0 Å². The molecule has 5 N–H and O–H groups in total. The average molecular weight is 481 g/mol. The Bertz CT molecular complexity index is 744. The van der Waals surface area contributed by atoms with Crippen LogP contribution in [0.3, 0.4) is 0 Å². The van der Waals surface area contributed by atoms with Crippen molar-refractivity contribution < 1.29 is 58.4 Å². The van der Waals surface area contributed by atoms with Gasteiger partial charge in [0.05, 0.1) is 0 Å². The first-order chi connectivity index (χ1) is 13.1. The third kappa shape index (κ3) is 6.00. The van der Waals surface area contributed by atoms with Gasteiger partial charge in [0.2, 0.25) is 5.91 Å². The minimum Gasteiger partial charge on any atom is -0.480 e. The molecule has 2 amide bonds. The van der Waals surface area contributed by atoms with Crippen LogP contribution in [0.25, 0.3) is 0 Å². The maximum Gasteiger partial charge on any atom is 0.352 e. The second-order valence-electron chi connectivity index (χ2n) is 6.33. The number of nitrogens with two attached hydrogens (primary N) is 1. The molecular formula is C16H21N3O8SZn. The van der Waals surface area contributed by atoms with Crippen molar-refractivity contribution in [3.8, 4) is 0 Å². The fourth-order valence-corrected chi connectivity index (χ4v) is 4.16. The van der Waals surface area contributed by atoms with Crippen molar-refractivity contribution in [2.45, 2.75) is 43.6 Å². The number of carboxylic acid groups (broad SMARTS) is 2. The molecule has 0 spiro atoms. The van der Waals surface area contributed by atoms with Crippen LogP contribution in [0.4, 0.5) is 0 Å². The topological polar surface area (TPSA) is 176 Å². The summed E-state index contributed by atoms with van der Waals surface area (Å²) in [6.07, 6.45) is 0.368. The van der Waals surface area contributed by atoms with E-state index in [9.17, 15) is 29.1 Å². The Morgan fingerprint density at radius 1 is 1.34 bits per heavy atom. The molecule has 0 aromatic carbocycles. The van der Waals surface area contributed by atoms with Crippen molar-refractivity contribution in [1.29, 1.82) is 0 Å². The zero-order chi connectivity index (χ0) is 21.0. The second kappa shape index (κ2) is 10.7. The number of hydrogen-bond acceptors (Lipinski definition) is 8. The molecule has 2 aliphatic heterocycles. The number of rotatable bonds is 9. The molecule has 156 valence electrons. The SMILES string of the molecule is CC(=O)OCC1=C(C(=O)O)N2C(=O)[C@@H](NC(=O)CCCC(N)C(=O)O)[C@H]2SC1.[Zn]. The van der Waals surface area contributed by atoms with Gasteiger partial charge in [0, 0.05) is 44.1 Å². The van der Waals surface area contributed by atoms with E-state index in [2.05, 4.69) is 5.32 Å². The van der Waals surface area contributed by atoms with Crippen LogP contribution in [0.5, 0.6) is 0 Å². The van der Waals surface area contributed by atoms with Gasteiger partial charge in [0.15, 0.2) is 0 Å². The van der Waals surface area contributed by atoms with Crippen LogP contribution in [-0.2, 0) is 48.2 Å². The number of ether oxygens (including phenoxy) is 1. The number of β-lactam (4-membered cyclic amide) rings is 1. The summed E-state index contributed by atoms with van der Waals surface area (Å²) >= 11 is 1.26. The smallest absolute Gasteiger partial charge is 0.352 e. The molecule has 2 heterocycles. The summed E-state index contributed by atoms with van der Waals surface area (Å²) in [5, 5.41) is 20.1. The monoisotopic (exact) mass is 479 g/mol. The third-order valence-electron chi connectivity index (χ3n) is 4.25. The summed E-state index contributed by atoms with van der Waals surface area (Å²) in [5.41, 5.74) is 5.44. The van der Waals surface area contributed by atoms with Crippen LogP contribution in [0.15, 0.2) is 11.3 Å². The van der Waals surface area contributed by atoms with Gasteiger partial charge in [-0.05, 0) is 12.8 Å². The summed E-state index contributed by atoms with van der Waals surface area (Å²) in [6, 6.07) is -1.92. The Balaban J connectivity index is 0.00000420. The Labute approximate surface area is 183 Å². The number of nitrogens with zero attached hydrogens (tertiary/aromatic N) is 1. The van der Waals surface area contributed by atoms with Gasteiger partial charge in [-0.3, -0.25) is 24.1 Å². The molecule has 29 heavy (non-hydrogen) atoms. The number of esters is 1. The van der Waals surface area contributed by atoms with Crippen LogP contribution in [-0.4, -0.2) is 74.7 Å². The number of hydrogen-bond donors (Lipinski definition) is 4. The summed E-state index contributed by atoms with van der Waals surface area (Å²) in [7, 11) is 0. The summed E-state index contributed by atoms with van der Waals surface area (Å²) < 4.78 is 4.84. The standard InChI is InChI=1S/C16H21N3O8S.Zn/c1-7(20)27-5-8-6-28-14-11(13(22)19(14)12(8)16(25)26)18-10(21)4-2-3-9(17)15(23)24;/h9,11,14H,2-6,17H2,1H3,(H,18,21)(H,23,24)(H,25,26);/t9?,11-,14-;/m1./s1. The Morgan fingerprint density at radius 3 is 2.55 bits per heavy atom. The fourth-order valence-electron chi connectivity index (χ4n) is 2.83. The number of carbonyl (C=O) groups excluding carboxylic acids is 3. The van der Waals surface area contributed by atoms with E-state index in [-0.39, 0.29) is 56.8 Å². The number of nitrogens with one attached hydrogen (secondary N) is 1. The van der Waals surface area contributed by atoms with E-state index in [1.54, 1.807) is 0 Å². The number of carbonyl (C=O) groups is 5. The van der Waals surface area contributed by atoms with Crippen molar-refractivity contribution in [2.24, 2.45) is 5.73 Å². The number of thioether (sulfide) groups is 1. The predicted octanol–water partition coefficient (Wildman–Crippen LogP) is -1.13. The van der Waals surface area contributed by atoms with Crippen LogP contribution in [0.2, 0.25) is 0 Å². The third-order valence-corrected chi connectivity index (χ3v) is 5.59. The van der Waals surface area contributed by atoms with Gasteiger partial charge in [-0.1, -0.05) is 0 Å². The molecule has 1 saturated heterocycles. The molecule has 2 rings (SSSR count). The molecule has 11 nitrogen and oxygen atoms in total. The van der Waals surface area contributed by atoms with E-state index in [1.807, 2.05) is 0 Å². The Hall–Kier alpha value is -1.98. The van der Waals surface area contributed by atoms with E-state index in [0.717, 1.165) is 4.90 Å². The first-order valence-electron chi connectivity index (χ1n) is 8.44. The van der Waals surface area contributed by atoms with E-state index in [1.165, 1.54) is 18.7 Å². The zero-order valence-corrected chi connectivity index (χ0v) is 19.5. The molecular weight excluding hydrogens is 460 g/mol. The maximum absolute atomic E-state index is 12.4. The Morgan fingerprint density at radius 2 is 2.00 bits per heavy atom. The molecule has 0 saturated carbocycles. The molecule has 1 fully saturated rings. The van der Waals surface area contributed by atoms with Crippen LogP contribution in [0.1, 0.15) is 26.2 Å². The van der Waals surface area contributed by atoms with Gasteiger partial charge in [0.1, 0.15) is 29.8 Å². The normalized spacial score (nSPS) is 21.3. The number of aliphatic carboxylic acids is 2. The van der Waals surface area contributed by atoms with Gasteiger partial charge in [-0.15, -0.1) is 11.8 Å². The number of carboxylic acids is 2.